The summed E-state index contributed by atoms with van der Waals surface area (Å²) in [6.07, 6.45) is 1.50. The maximum atomic E-state index is 12.4. The molecule has 2 amide bonds. The highest BCUT2D eigenvalue weighted by molar-refractivity contribution is 5.93. The molecule has 0 aliphatic heterocycles. The van der Waals surface area contributed by atoms with Gasteiger partial charge in [0, 0.05) is 11.4 Å². The molecule has 176 valence electrons. The van der Waals surface area contributed by atoms with Crippen LogP contribution in [0.3, 0.4) is 0 Å². The number of rotatable bonds is 8. The van der Waals surface area contributed by atoms with Gasteiger partial charge < -0.3 is 10.6 Å². The van der Waals surface area contributed by atoms with Crippen LogP contribution in [0.5, 0.6) is 0 Å². The van der Waals surface area contributed by atoms with Gasteiger partial charge in [0.05, 0.1) is 12.8 Å². The third-order valence-corrected chi connectivity index (χ3v) is 6.11. The summed E-state index contributed by atoms with van der Waals surface area (Å²) in [6.45, 7) is 4.03. The first kappa shape index (κ1) is 24.0. The normalized spacial score (nSPS) is 10.6. The van der Waals surface area contributed by atoms with Crippen LogP contribution >= 0.6 is 0 Å². The van der Waals surface area contributed by atoms with E-state index in [-0.39, 0.29) is 11.8 Å². The Morgan fingerprint density at radius 1 is 0.543 bits per heavy atom. The van der Waals surface area contributed by atoms with Crippen molar-refractivity contribution in [3.05, 3.63) is 130 Å². The van der Waals surface area contributed by atoms with Gasteiger partial charge in [0.1, 0.15) is 0 Å². The highest BCUT2D eigenvalue weighted by Gasteiger charge is 2.08. The average molecular weight is 463 g/mol. The first-order valence-corrected chi connectivity index (χ1v) is 11.8. The van der Waals surface area contributed by atoms with Crippen molar-refractivity contribution >= 4 is 23.2 Å². The van der Waals surface area contributed by atoms with Crippen LogP contribution in [0.25, 0.3) is 0 Å². The predicted molar refractivity (Wildman–Crippen MR) is 143 cm³/mol. The predicted octanol–water partition coefficient (Wildman–Crippen LogP) is 6.26. The zero-order valence-electron chi connectivity index (χ0n) is 20.2. The van der Waals surface area contributed by atoms with Crippen molar-refractivity contribution in [3.63, 3.8) is 0 Å². The Kier molecular flexibility index (Phi) is 7.74. The molecule has 0 bridgehead atoms. The minimum absolute atomic E-state index is 0.0212. The second-order valence-corrected chi connectivity index (χ2v) is 8.87. The van der Waals surface area contributed by atoms with E-state index < -0.39 is 0 Å². The zero-order chi connectivity index (χ0) is 24.6. The molecule has 0 aromatic heterocycles. The summed E-state index contributed by atoms with van der Waals surface area (Å²) in [5, 5.41) is 5.95. The molecule has 0 radical (unpaired) electrons. The van der Waals surface area contributed by atoms with Crippen LogP contribution in [0.15, 0.2) is 97.1 Å². The molecular formula is C31H30N2O2. The zero-order valence-corrected chi connectivity index (χ0v) is 20.2. The van der Waals surface area contributed by atoms with Crippen molar-refractivity contribution in [3.8, 4) is 0 Å². The smallest absolute Gasteiger partial charge is 0.228 e. The maximum absolute atomic E-state index is 12.4. The van der Waals surface area contributed by atoms with Gasteiger partial charge in [-0.15, -0.1) is 0 Å². The molecule has 0 saturated heterocycles. The van der Waals surface area contributed by atoms with E-state index in [2.05, 4.69) is 10.6 Å². The summed E-state index contributed by atoms with van der Waals surface area (Å²) >= 11 is 0. The molecule has 0 spiro atoms. The number of anilines is 2. The van der Waals surface area contributed by atoms with E-state index in [1.807, 2.05) is 111 Å². The number of amides is 2. The molecule has 0 heterocycles. The number of carbonyl (C=O) groups is 2. The first-order valence-electron chi connectivity index (χ1n) is 11.8. The minimum atomic E-state index is -0.0212. The minimum Gasteiger partial charge on any atom is -0.326 e. The lowest BCUT2D eigenvalue weighted by Crippen LogP contribution is -2.15. The van der Waals surface area contributed by atoms with Gasteiger partial charge in [-0.05, 0) is 77.9 Å². The average Bonchev–Trinajstić information content (AvgIpc) is 2.84. The van der Waals surface area contributed by atoms with E-state index in [9.17, 15) is 9.59 Å². The van der Waals surface area contributed by atoms with Crippen molar-refractivity contribution in [1.29, 1.82) is 0 Å². The Bertz CT molecular complexity index is 1210. The lowest BCUT2D eigenvalue weighted by molar-refractivity contribution is -0.116. The Morgan fingerprint density at radius 2 is 0.914 bits per heavy atom. The van der Waals surface area contributed by atoms with Crippen LogP contribution in [0, 0.1) is 13.8 Å². The third-order valence-electron chi connectivity index (χ3n) is 6.11. The molecule has 4 aromatic carbocycles. The lowest BCUT2D eigenvalue weighted by Gasteiger charge is -2.10. The molecule has 2 N–H and O–H groups in total. The lowest BCUT2D eigenvalue weighted by atomic mass is 10.0. The standard InChI is InChI=1S/C31H30N2O2/c1-22-7-3-5-9-26(22)20-30(34)32-28-15-11-24(12-16-28)19-25-13-17-29(18-14-25)33-31(35)21-27-10-6-4-8-23(27)2/h3-18H,19-21H2,1-2H3,(H,32,34)(H,33,35). The van der Waals surface area contributed by atoms with E-state index in [0.717, 1.165) is 51.2 Å². The SMILES string of the molecule is Cc1ccccc1CC(=O)Nc1ccc(Cc2ccc(NC(=O)Cc3ccccc3C)cc2)cc1. The van der Waals surface area contributed by atoms with Crippen LogP contribution in [-0.4, -0.2) is 11.8 Å². The Balaban J connectivity index is 1.28. The van der Waals surface area contributed by atoms with E-state index in [0.29, 0.717) is 12.8 Å². The second kappa shape index (κ2) is 11.3. The van der Waals surface area contributed by atoms with Crippen LogP contribution < -0.4 is 10.6 Å². The molecular weight excluding hydrogens is 432 g/mol. The Hall–Kier alpha value is -4.18. The van der Waals surface area contributed by atoms with Gasteiger partial charge in [-0.3, -0.25) is 9.59 Å². The molecule has 0 unspecified atom stereocenters. The Labute approximate surface area is 207 Å². The van der Waals surface area contributed by atoms with Gasteiger partial charge in [-0.2, -0.15) is 0 Å². The van der Waals surface area contributed by atoms with Gasteiger partial charge in [-0.1, -0.05) is 72.8 Å². The van der Waals surface area contributed by atoms with Gasteiger partial charge >= 0.3 is 0 Å². The van der Waals surface area contributed by atoms with Gasteiger partial charge in [0.15, 0.2) is 0 Å². The number of carbonyl (C=O) groups excluding carboxylic acids is 2. The van der Waals surface area contributed by atoms with Gasteiger partial charge in [0.2, 0.25) is 11.8 Å². The van der Waals surface area contributed by atoms with Gasteiger partial charge in [0.25, 0.3) is 0 Å². The summed E-state index contributed by atoms with van der Waals surface area (Å²) in [5.41, 5.74) is 8.20. The number of aryl methyl sites for hydroxylation is 2. The summed E-state index contributed by atoms with van der Waals surface area (Å²) in [7, 11) is 0. The summed E-state index contributed by atoms with van der Waals surface area (Å²) in [5.74, 6) is -0.0424. The number of benzene rings is 4. The molecule has 4 rings (SSSR count). The fraction of sp³-hybridized carbons (Fsp3) is 0.161. The highest BCUT2D eigenvalue weighted by Crippen LogP contribution is 2.17. The highest BCUT2D eigenvalue weighted by atomic mass is 16.2. The first-order chi connectivity index (χ1) is 17.0. The van der Waals surface area contributed by atoms with Crippen LogP contribution in [0.1, 0.15) is 33.4 Å². The van der Waals surface area contributed by atoms with Crippen LogP contribution in [0.2, 0.25) is 0 Å². The molecule has 4 aromatic rings. The molecule has 0 aliphatic rings. The topological polar surface area (TPSA) is 58.2 Å². The van der Waals surface area contributed by atoms with E-state index >= 15 is 0 Å². The van der Waals surface area contributed by atoms with E-state index in [4.69, 9.17) is 0 Å². The summed E-state index contributed by atoms with van der Waals surface area (Å²) in [4.78, 5) is 24.8. The fourth-order valence-electron chi connectivity index (χ4n) is 4.02. The summed E-state index contributed by atoms with van der Waals surface area (Å²) in [6, 6.07) is 31.7. The van der Waals surface area contributed by atoms with Crippen molar-refractivity contribution in [2.24, 2.45) is 0 Å². The molecule has 0 aliphatic carbocycles. The van der Waals surface area contributed by atoms with Crippen molar-refractivity contribution < 1.29 is 9.59 Å². The monoisotopic (exact) mass is 462 g/mol. The van der Waals surface area contributed by atoms with Crippen molar-refractivity contribution in [2.75, 3.05) is 10.6 Å². The fourth-order valence-corrected chi connectivity index (χ4v) is 4.02. The number of hydrogen-bond donors (Lipinski definition) is 2. The summed E-state index contributed by atoms with van der Waals surface area (Å²) < 4.78 is 0. The molecule has 4 nitrogen and oxygen atoms in total. The molecule has 0 atom stereocenters. The van der Waals surface area contributed by atoms with Crippen molar-refractivity contribution in [1.82, 2.24) is 0 Å². The van der Waals surface area contributed by atoms with Crippen molar-refractivity contribution in [2.45, 2.75) is 33.1 Å². The molecule has 4 heteroatoms. The Morgan fingerprint density at radius 3 is 1.29 bits per heavy atom. The quantitative estimate of drug-likeness (QED) is 0.325. The van der Waals surface area contributed by atoms with Gasteiger partial charge in [-0.25, -0.2) is 0 Å². The number of hydrogen-bond acceptors (Lipinski definition) is 2. The van der Waals surface area contributed by atoms with E-state index in [1.54, 1.807) is 0 Å². The number of nitrogens with one attached hydrogen (secondary N) is 2. The maximum Gasteiger partial charge on any atom is 0.228 e. The molecule has 35 heavy (non-hydrogen) atoms. The van der Waals surface area contributed by atoms with Crippen LogP contribution in [-0.2, 0) is 28.9 Å². The largest absolute Gasteiger partial charge is 0.326 e. The third kappa shape index (κ3) is 6.90. The molecule has 0 fully saturated rings. The van der Waals surface area contributed by atoms with E-state index in [1.165, 1.54) is 0 Å². The second-order valence-electron chi connectivity index (χ2n) is 8.87. The molecule has 0 saturated carbocycles. The van der Waals surface area contributed by atoms with Crippen LogP contribution in [0.4, 0.5) is 11.4 Å².